The molecule has 0 bridgehead atoms. The van der Waals surface area contributed by atoms with Gasteiger partial charge < -0.3 is 29.3 Å². The van der Waals surface area contributed by atoms with Crippen LogP contribution >= 0.6 is 0 Å². The molecule has 1 fully saturated rings. The maximum absolute atomic E-state index is 12.5. The third-order valence-corrected chi connectivity index (χ3v) is 5.03. The third-order valence-electron chi connectivity index (χ3n) is 5.03. The van der Waals surface area contributed by atoms with Gasteiger partial charge in [0.1, 0.15) is 12.2 Å². The Bertz CT molecular complexity index is 909. The van der Waals surface area contributed by atoms with E-state index < -0.39 is 0 Å². The fourth-order valence-electron chi connectivity index (χ4n) is 3.52. The average molecular weight is 397 g/mol. The summed E-state index contributed by atoms with van der Waals surface area (Å²) in [7, 11) is 1.65. The molecule has 0 aromatic heterocycles. The molecule has 2 aliphatic rings. The number of nitrogens with one attached hydrogen (secondary N) is 1. The number of ether oxygens (including phenoxy) is 3. The van der Waals surface area contributed by atoms with E-state index in [-0.39, 0.29) is 25.0 Å². The highest BCUT2D eigenvalue weighted by atomic mass is 16.7. The van der Waals surface area contributed by atoms with E-state index in [0.29, 0.717) is 43.4 Å². The molecular weight excluding hydrogens is 374 g/mol. The summed E-state index contributed by atoms with van der Waals surface area (Å²) >= 11 is 0. The highest BCUT2D eigenvalue weighted by molar-refractivity contribution is 6.03. The van der Waals surface area contributed by atoms with E-state index in [4.69, 9.17) is 14.2 Å². The molecule has 2 amide bonds. The molecule has 8 nitrogen and oxygen atoms in total. The second-order valence-electron chi connectivity index (χ2n) is 6.83. The zero-order valence-electron chi connectivity index (χ0n) is 16.2. The smallest absolute Gasteiger partial charge is 0.233 e. The molecule has 2 aromatic rings. The van der Waals surface area contributed by atoms with Gasteiger partial charge in [0.05, 0.1) is 12.8 Å². The van der Waals surface area contributed by atoms with Gasteiger partial charge in [0.2, 0.25) is 18.6 Å². The number of benzene rings is 2. The first kappa shape index (κ1) is 18.9. The number of para-hydroxylation sites is 2. The Hall–Kier alpha value is -3.42. The Morgan fingerprint density at radius 1 is 1.03 bits per heavy atom. The molecular formula is C21H23N3O5. The molecule has 0 atom stereocenters. The van der Waals surface area contributed by atoms with Crippen molar-refractivity contribution in [2.24, 2.45) is 0 Å². The summed E-state index contributed by atoms with van der Waals surface area (Å²) in [6.07, 6.45) is -0.191. The average Bonchev–Trinajstić information content (AvgIpc) is 3.21. The zero-order chi connectivity index (χ0) is 20.2. The fourth-order valence-corrected chi connectivity index (χ4v) is 3.52. The van der Waals surface area contributed by atoms with Gasteiger partial charge in [-0.3, -0.25) is 9.59 Å². The van der Waals surface area contributed by atoms with Gasteiger partial charge in [0.15, 0.2) is 11.5 Å². The normalized spacial score (nSPS) is 15.2. The second-order valence-corrected chi connectivity index (χ2v) is 6.83. The number of anilines is 2. The van der Waals surface area contributed by atoms with Crippen molar-refractivity contribution in [3.05, 3.63) is 42.5 Å². The number of nitrogens with zero attached hydrogens (tertiary/aromatic N) is 2. The van der Waals surface area contributed by atoms with Crippen molar-refractivity contribution in [3.8, 4) is 17.2 Å². The van der Waals surface area contributed by atoms with Crippen molar-refractivity contribution in [1.82, 2.24) is 4.90 Å². The molecule has 4 rings (SSSR count). The maximum atomic E-state index is 12.5. The van der Waals surface area contributed by atoms with Crippen LogP contribution < -0.4 is 24.4 Å². The van der Waals surface area contributed by atoms with Crippen LogP contribution in [0, 0.1) is 0 Å². The number of hydrogen-bond acceptors (Lipinski definition) is 6. The molecule has 152 valence electrons. The Kier molecular flexibility index (Phi) is 5.41. The van der Waals surface area contributed by atoms with Crippen molar-refractivity contribution >= 4 is 23.2 Å². The molecule has 8 heteroatoms. The Labute approximate surface area is 168 Å². The summed E-state index contributed by atoms with van der Waals surface area (Å²) in [6.45, 7) is 2.68. The number of amides is 2. The summed E-state index contributed by atoms with van der Waals surface area (Å²) in [6, 6.07) is 13.0. The van der Waals surface area contributed by atoms with Gasteiger partial charge >= 0.3 is 0 Å². The van der Waals surface area contributed by atoms with Gasteiger partial charge in [-0.15, -0.1) is 0 Å². The van der Waals surface area contributed by atoms with Crippen LogP contribution in [0.4, 0.5) is 11.4 Å². The number of piperazine rings is 1. The van der Waals surface area contributed by atoms with Crippen LogP contribution in [-0.2, 0) is 9.59 Å². The monoisotopic (exact) mass is 397 g/mol. The van der Waals surface area contributed by atoms with E-state index in [1.54, 1.807) is 30.2 Å². The highest BCUT2D eigenvalue weighted by Gasteiger charge is 2.24. The van der Waals surface area contributed by atoms with Crippen molar-refractivity contribution in [2.45, 2.75) is 6.42 Å². The fraction of sp³-hybridized carbons (Fsp3) is 0.333. The maximum Gasteiger partial charge on any atom is 0.233 e. The number of rotatable bonds is 5. The standard InChI is InChI=1S/C21H23N3O5/c1-27-17-5-3-2-4-16(17)23-8-10-24(11-9-23)21(26)13-20(25)22-15-6-7-18-19(12-15)29-14-28-18/h2-7,12H,8-11,13-14H2,1H3,(H,22,25). The molecule has 2 aromatic carbocycles. The largest absolute Gasteiger partial charge is 0.495 e. The summed E-state index contributed by atoms with van der Waals surface area (Å²) in [4.78, 5) is 28.7. The molecule has 0 unspecified atom stereocenters. The number of carbonyl (C=O) groups is 2. The lowest BCUT2D eigenvalue weighted by molar-refractivity contribution is -0.134. The number of fused-ring (bicyclic) bond motifs is 1. The highest BCUT2D eigenvalue weighted by Crippen LogP contribution is 2.34. The van der Waals surface area contributed by atoms with Gasteiger partial charge in [0.25, 0.3) is 0 Å². The van der Waals surface area contributed by atoms with E-state index in [2.05, 4.69) is 10.2 Å². The Balaban J connectivity index is 1.29. The first-order valence-electron chi connectivity index (χ1n) is 9.49. The number of methoxy groups -OCH3 is 1. The van der Waals surface area contributed by atoms with Crippen LogP contribution in [0.1, 0.15) is 6.42 Å². The van der Waals surface area contributed by atoms with Gasteiger partial charge in [-0.1, -0.05) is 12.1 Å². The van der Waals surface area contributed by atoms with Gasteiger partial charge in [0, 0.05) is 37.9 Å². The van der Waals surface area contributed by atoms with Gasteiger partial charge in [-0.05, 0) is 24.3 Å². The lowest BCUT2D eigenvalue weighted by Gasteiger charge is -2.36. The quantitative estimate of drug-likeness (QED) is 0.779. The van der Waals surface area contributed by atoms with Crippen molar-refractivity contribution in [3.63, 3.8) is 0 Å². The molecule has 2 aliphatic heterocycles. The van der Waals surface area contributed by atoms with E-state index in [0.717, 1.165) is 11.4 Å². The van der Waals surface area contributed by atoms with Crippen LogP contribution in [0.3, 0.4) is 0 Å². The lowest BCUT2D eigenvalue weighted by Crippen LogP contribution is -2.49. The van der Waals surface area contributed by atoms with E-state index in [9.17, 15) is 9.59 Å². The van der Waals surface area contributed by atoms with E-state index in [1.807, 2.05) is 24.3 Å². The van der Waals surface area contributed by atoms with Crippen molar-refractivity contribution in [1.29, 1.82) is 0 Å². The first-order chi connectivity index (χ1) is 14.1. The molecule has 0 spiro atoms. The van der Waals surface area contributed by atoms with Crippen LogP contribution in [0.5, 0.6) is 17.2 Å². The summed E-state index contributed by atoms with van der Waals surface area (Å²) in [5, 5.41) is 2.74. The Morgan fingerprint density at radius 3 is 2.59 bits per heavy atom. The Morgan fingerprint density at radius 2 is 1.79 bits per heavy atom. The third kappa shape index (κ3) is 4.21. The first-order valence-corrected chi connectivity index (χ1v) is 9.49. The summed E-state index contributed by atoms with van der Waals surface area (Å²) in [5.41, 5.74) is 1.59. The van der Waals surface area contributed by atoms with Gasteiger partial charge in [-0.2, -0.15) is 0 Å². The van der Waals surface area contributed by atoms with Crippen LogP contribution in [0.2, 0.25) is 0 Å². The number of hydrogen-bond donors (Lipinski definition) is 1. The molecule has 29 heavy (non-hydrogen) atoms. The minimum Gasteiger partial charge on any atom is -0.495 e. The molecule has 0 aliphatic carbocycles. The topological polar surface area (TPSA) is 80.3 Å². The zero-order valence-corrected chi connectivity index (χ0v) is 16.2. The van der Waals surface area contributed by atoms with E-state index >= 15 is 0 Å². The van der Waals surface area contributed by atoms with Crippen LogP contribution in [0.15, 0.2) is 42.5 Å². The number of carbonyl (C=O) groups excluding carboxylic acids is 2. The molecule has 1 N–H and O–H groups in total. The van der Waals surface area contributed by atoms with Crippen LogP contribution in [-0.4, -0.2) is 56.8 Å². The summed E-state index contributed by atoms with van der Waals surface area (Å²) < 4.78 is 16.0. The van der Waals surface area contributed by atoms with Crippen molar-refractivity contribution < 1.29 is 23.8 Å². The SMILES string of the molecule is COc1ccccc1N1CCN(C(=O)CC(=O)Nc2ccc3c(c2)OCO3)CC1. The predicted molar refractivity (Wildman–Crippen MR) is 108 cm³/mol. The van der Waals surface area contributed by atoms with E-state index in [1.165, 1.54) is 0 Å². The second kappa shape index (κ2) is 8.30. The predicted octanol–water partition coefficient (Wildman–Crippen LogP) is 2.10. The summed E-state index contributed by atoms with van der Waals surface area (Å²) in [5.74, 6) is 1.52. The minimum absolute atomic E-state index is 0.173. The van der Waals surface area contributed by atoms with Gasteiger partial charge in [-0.25, -0.2) is 0 Å². The van der Waals surface area contributed by atoms with Crippen LogP contribution in [0.25, 0.3) is 0 Å². The molecule has 0 radical (unpaired) electrons. The molecule has 0 saturated carbocycles. The lowest BCUT2D eigenvalue weighted by atomic mass is 10.2. The minimum atomic E-state index is -0.346. The van der Waals surface area contributed by atoms with Crippen molar-refractivity contribution in [2.75, 3.05) is 50.3 Å². The molecule has 1 saturated heterocycles. The molecule has 2 heterocycles.